The Morgan fingerprint density at radius 2 is 1.50 bits per heavy atom. The molecule has 30 heavy (non-hydrogen) atoms. The van der Waals surface area contributed by atoms with E-state index < -0.39 is 35.4 Å². The molecule has 166 valence electrons. The van der Waals surface area contributed by atoms with Crippen LogP contribution in [0.25, 0.3) is 0 Å². The molecule has 0 spiro atoms. The van der Waals surface area contributed by atoms with E-state index in [0.717, 1.165) is 5.56 Å². The van der Waals surface area contributed by atoms with Gasteiger partial charge < -0.3 is 19.1 Å². The monoisotopic (exact) mass is 420 g/mol. The van der Waals surface area contributed by atoms with Crippen LogP contribution in [0.1, 0.15) is 47.1 Å². The van der Waals surface area contributed by atoms with Gasteiger partial charge in [0.15, 0.2) is 6.04 Å². The largest absolute Gasteiger partial charge is 0.458 e. The summed E-state index contributed by atoms with van der Waals surface area (Å²) in [6, 6.07) is 8.35. The summed E-state index contributed by atoms with van der Waals surface area (Å²) in [6.45, 7) is 11.0. The highest BCUT2D eigenvalue weighted by Crippen LogP contribution is 2.20. The molecule has 0 saturated carbocycles. The lowest BCUT2D eigenvalue weighted by atomic mass is 10.1. The summed E-state index contributed by atoms with van der Waals surface area (Å²) in [7, 11) is 0. The van der Waals surface area contributed by atoms with E-state index in [2.05, 4.69) is 0 Å². The van der Waals surface area contributed by atoms with Crippen molar-refractivity contribution in [2.45, 2.75) is 65.4 Å². The summed E-state index contributed by atoms with van der Waals surface area (Å²) in [5, 5.41) is 0. The quantitative estimate of drug-likeness (QED) is 0.549. The van der Waals surface area contributed by atoms with Crippen molar-refractivity contribution in [1.82, 2.24) is 9.80 Å². The summed E-state index contributed by atoms with van der Waals surface area (Å²) in [5.41, 5.74) is -0.574. The van der Waals surface area contributed by atoms with Crippen LogP contribution in [0, 0.1) is 0 Å². The molecule has 0 aromatic heterocycles. The van der Waals surface area contributed by atoms with E-state index in [9.17, 15) is 14.4 Å². The lowest BCUT2D eigenvalue weighted by Crippen LogP contribution is -2.61. The zero-order chi connectivity index (χ0) is 22.5. The van der Waals surface area contributed by atoms with E-state index in [0.29, 0.717) is 0 Å². The summed E-state index contributed by atoms with van der Waals surface area (Å²) in [4.78, 5) is 40.7. The molecule has 1 aliphatic rings. The van der Waals surface area contributed by atoms with Crippen LogP contribution in [0.3, 0.4) is 0 Å². The number of rotatable bonds is 3. The summed E-state index contributed by atoms with van der Waals surface area (Å²) < 4.78 is 16.3. The molecule has 1 fully saturated rings. The number of carbonyl (C=O) groups is 3. The van der Waals surface area contributed by atoms with Crippen molar-refractivity contribution in [3.8, 4) is 0 Å². The third kappa shape index (κ3) is 7.24. The van der Waals surface area contributed by atoms with E-state index in [1.165, 1.54) is 9.80 Å². The van der Waals surface area contributed by atoms with Gasteiger partial charge in [0, 0.05) is 13.1 Å². The van der Waals surface area contributed by atoms with Gasteiger partial charge in [-0.05, 0) is 47.1 Å². The first-order chi connectivity index (χ1) is 13.9. The van der Waals surface area contributed by atoms with Crippen LogP contribution in [0.4, 0.5) is 9.59 Å². The molecule has 0 aliphatic carbocycles. The lowest BCUT2D eigenvalue weighted by molar-refractivity contribution is -0.163. The molecule has 1 aliphatic heterocycles. The highest BCUT2D eigenvalue weighted by atomic mass is 16.6. The Hall–Kier alpha value is -2.77. The van der Waals surface area contributed by atoms with Crippen LogP contribution in [-0.4, -0.2) is 64.8 Å². The number of nitrogens with zero attached hydrogens (tertiary/aromatic N) is 2. The first-order valence-electron chi connectivity index (χ1n) is 10.0. The first kappa shape index (κ1) is 23.5. The normalized spacial score (nSPS) is 17.3. The van der Waals surface area contributed by atoms with Crippen molar-refractivity contribution in [2.75, 3.05) is 19.6 Å². The van der Waals surface area contributed by atoms with Crippen LogP contribution < -0.4 is 0 Å². The average Bonchev–Trinajstić information content (AvgIpc) is 2.63. The van der Waals surface area contributed by atoms with E-state index >= 15 is 0 Å². The second-order valence-corrected chi connectivity index (χ2v) is 9.21. The highest BCUT2D eigenvalue weighted by molar-refractivity contribution is 5.83. The van der Waals surface area contributed by atoms with E-state index in [1.54, 1.807) is 41.5 Å². The Labute approximate surface area is 178 Å². The second-order valence-electron chi connectivity index (χ2n) is 9.21. The summed E-state index contributed by atoms with van der Waals surface area (Å²) in [5.74, 6) is -0.589. The number of piperazine rings is 1. The summed E-state index contributed by atoms with van der Waals surface area (Å²) in [6.07, 6.45) is -1.16. The molecule has 0 bridgehead atoms. The molecule has 2 rings (SSSR count). The number of ether oxygens (including phenoxy) is 3. The van der Waals surface area contributed by atoms with Crippen molar-refractivity contribution in [3.63, 3.8) is 0 Å². The lowest BCUT2D eigenvalue weighted by Gasteiger charge is -2.40. The SMILES string of the molecule is CC(C)(C)OC(=O)C1CN(C(=O)OCc2ccccc2)CCN1C(=O)OC(C)(C)C. The van der Waals surface area contributed by atoms with Crippen LogP contribution in [0.5, 0.6) is 0 Å². The smallest absolute Gasteiger partial charge is 0.411 e. The molecule has 2 amide bonds. The van der Waals surface area contributed by atoms with Crippen molar-refractivity contribution in [1.29, 1.82) is 0 Å². The predicted molar refractivity (Wildman–Crippen MR) is 111 cm³/mol. The summed E-state index contributed by atoms with van der Waals surface area (Å²) >= 11 is 0. The zero-order valence-corrected chi connectivity index (χ0v) is 18.6. The number of hydrogen-bond donors (Lipinski definition) is 0. The Kier molecular flexibility index (Phi) is 7.34. The van der Waals surface area contributed by atoms with Gasteiger partial charge in [-0.3, -0.25) is 4.90 Å². The van der Waals surface area contributed by atoms with Crippen LogP contribution in [0.15, 0.2) is 30.3 Å². The molecule has 8 nitrogen and oxygen atoms in total. The maximum atomic E-state index is 12.8. The molecule has 1 atom stereocenters. The molecule has 8 heteroatoms. The van der Waals surface area contributed by atoms with Gasteiger partial charge in [-0.25, -0.2) is 14.4 Å². The van der Waals surface area contributed by atoms with Crippen LogP contribution in [-0.2, 0) is 25.6 Å². The highest BCUT2D eigenvalue weighted by Gasteiger charge is 2.41. The second kappa shape index (κ2) is 9.36. The minimum Gasteiger partial charge on any atom is -0.458 e. The van der Waals surface area contributed by atoms with Crippen LogP contribution >= 0.6 is 0 Å². The van der Waals surface area contributed by atoms with Crippen molar-refractivity contribution < 1.29 is 28.6 Å². The molecule has 1 saturated heterocycles. The molecule has 1 heterocycles. The molecular formula is C22H32N2O6. The zero-order valence-electron chi connectivity index (χ0n) is 18.6. The Bertz CT molecular complexity index is 751. The standard InChI is InChI=1S/C22H32N2O6/c1-21(2,3)29-18(25)17-14-23(12-13-24(17)20(27)30-22(4,5)6)19(26)28-15-16-10-8-7-9-11-16/h7-11,17H,12-15H2,1-6H3. The van der Waals surface area contributed by atoms with Gasteiger partial charge in [-0.2, -0.15) is 0 Å². The third-order valence-electron chi connectivity index (χ3n) is 4.15. The molecule has 1 unspecified atom stereocenters. The van der Waals surface area contributed by atoms with Crippen molar-refractivity contribution >= 4 is 18.2 Å². The first-order valence-corrected chi connectivity index (χ1v) is 10.0. The van der Waals surface area contributed by atoms with Gasteiger partial charge in [0.1, 0.15) is 17.8 Å². The molecule has 0 radical (unpaired) electrons. The maximum Gasteiger partial charge on any atom is 0.411 e. The van der Waals surface area contributed by atoms with Gasteiger partial charge in [0.2, 0.25) is 0 Å². The van der Waals surface area contributed by atoms with Crippen molar-refractivity contribution in [2.24, 2.45) is 0 Å². The molecular weight excluding hydrogens is 388 g/mol. The van der Waals surface area contributed by atoms with Crippen molar-refractivity contribution in [3.05, 3.63) is 35.9 Å². The topological polar surface area (TPSA) is 85.4 Å². The number of esters is 1. The Balaban J connectivity index is 2.09. The number of amides is 2. The molecule has 0 N–H and O–H groups in total. The Morgan fingerprint density at radius 3 is 2.07 bits per heavy atom. The average molecular weight is 421 g/mol. The fraction of sp³-hybridized carbons (Fsp3) is 0.591. The van der Waals surface area contributed by atoms with Gasteiger partial charge in [-0.15, -0.1) is 0 Å². The molecule has 1 aromatic carbocycles. The van der Waals surface area contributed by atoms with E-state index in [-0.39, 0.29) is 26.2 Å². The minimum absolute atomic E-state index is 0.0260. The Morgan fingerprint density at radius 1 is 0.900 bits per heavy atom. The number of carbonyl (C=O) groups excluding carboxylic acids is 3. The maximum absolute atomic E-state index is 12.8. The number of hydrogen-bond acceptors (Lipinski definition) is 6. The van der Waals surface area contributed by atoms with Crippen LogP contribution in [0.2, 0.25) is 0 Å². The van der Waals surface area contributed by atoms with E-state index in [1.807, 2.05) is 30.3 Å². The van der Waals surface area contributed by atoms with Gasteiger partial charge >= 0.3 is 18.2 Å². The minimum atomic E-state index is -0.975. The fourth-order valence-electron chi connectivity index (χ4n) is 2.87. The predicted octanol–water partition coefficient (Wildman–Crippen LogP) is 3.59. The van der Waals surface area contributed by atoms with Gasteiger partial charge in [0.25, 0.3) is 0 Å². The molecule has 1 aromatic rings. The number of benzene rings is 1. The van der Waals surface area contributed by atoms with Gasteiger partial charge in [-0.1, -0.05) is 30.3 Å². The third-order valence-corrected chi connectivity index (χ3v) is 4.15. The fourth-order valence-corrected chi connectivity index (χ4v) is 2.87. The van der Waals surface area contributed by atoms with Gasteiger partial charge in [0.05, 0.1) is 6.54 Å². The van der Waals surface area contributed by atoms with E-state index in [4.69, 9.17) is 14.2 Å².